The Morgan fingerprint density at radius 2 is 1.68 bits per heavy atom. The number of aromatic nitrogens is 2. The normalized spacial score (nSPS) is 13.9. The molecule has 1 aliphatic rings. The van der Waals surface area contributed by atoms with Crippen molar-refractivity contribution in [2.24, 2.45) is 7.05 Å². The van der Waals surface area contributed by atoms with E-state index in [2.05, 4.69) is 27.9 Å². The molecule has 3 N–H and O–H groups in total. The third kappa shape index (κ3) is 4.93. The second-order valence-electron chi connectivity index (χ2n) is 8.36. The molecule has 2 amide bonds. The summed E-state index contributed by atoms with van der Waals surface area (Å²) >= 11 is 0. The molecule has 0 saturated carbocycles. The SMILES string of the molecule is C[C@H](CC(=O)O)NC(=O)C(NC(=O)OCC1c2ccccc2-c2ccccc21)c1cnn(C)c1. The van der Waals surface area contributed by atoms with Gasteiger partial charge < -0.3 is 20.5 Å². The number of ether oxygens (including phenoxy) is 1. The molecule has 1 heterocycles. The van der Waals surface area contributed by atoms with Gasteiger partial charge in [-0.2, -0.15) is 5.10 Å². The van der Waals surface area contributed by atoms with E-state index in [-0.39, 0.29) is 18.9 Å². The number of fused-ring (bicyclic) bond motifs is 3. The van der Waals surface area contributed by atoms with Crippen molar-refractivity contribution in [1.29, 1.82) is 0 Å². The molecule has 2 atom stereocenters. The fraction of sp³-hybridized carbons (Fsp3) is 0.280. The number of rotatable bonds is 8. The number of carbonyl (C=O) groups excluding carboxylic acids is 2. The van der Waals surface area contributed by atoms with Gasteiger partial charge in [0.15, 0.2) is 0 Å². The van der Waals surface area contributed by atoms with Crippen LogP contribution in [0, 0.1) is 0 Å². The summed E-state index contributed by atoms with van der Waals surface area (Å²) in [6, 6.07) is 14.3. The van der Waals surface area contributed by atoms with E-state index in [0.717, 1.165) is 22.3 Å². The first-order chi connectivity index (χ1) is 16.3. The van der Waals surface area contributed by atoms with Gasteiger partial charge in [-0.3, -0.25) is 14.3 Å². The second-order valence-corrected chi connectivity index (χ2v) is 8.36. The number of hydrogen-bond acceptors (Lipinski definition) is 5. The van der Waals surface area contributed by atoms with Crippen molar-refractivity contribution in [2.45, 2.75) is 31.3 Å². The molecule has 0 aliphatic heterocycles. The lowest BCUT2D eigenvalue weighted by Crippen LogP contribution is -2.44. The maximum Gasteiger partial charge on any atom is 0.408 e. The largest absolute Gasteiger partial charge is 0.481 e. The molecule has 2 aromatic carbocycles. The third-order valence-electron chi connectivity index (χ3n) is 5.80. The van der Waals surface area contributed by atoms with Crippen molar-refractivity contribution in [2.75, 3.05) is 6.61 Å². The highest BCUT2D eigenvalue weighted by molar-refractivity contribution is 5.87. The molecule has 0 bridgehead atoms. The Balaban J connectivity index is 1.46. The quantitative estimate of drug-likeness (QED) is 0.473. The molecule has 1 aliphatic carbocycles. The summed E-state index contributed by atoms with van der Waals surface area (Å²) in [5, 5.41) is 18.2. The number of amides is 2. The summed E-state index contributed by atoms with van der Waals surface area (Å²) in [5.74, 6) is -1.69. The Kier molecular flexibility index (Phi) is 6.62. The van der Waals surface area contributed by atoms with Crippen LogP contribution in [0.2, 0.25) is 0 Å². The average molecular weight is 463 g/mol. The molecule has 3 aromatic rings. The lowest BCUT2D eigenvalue weighted by atomic mass is 9.98. The fourth-order valence-electron chi connectivity index (χ4n) is 4.29. The summed E-state index contributed by atoms with van der Waals surface area (Å²) in [6.45, 7) is 1.69. The predicted octanol–water partition coefficient (Wildman–Crippen LogP) is 2.98. The van der Waals surface area contributed by atoms with Gasteiger partial charge in [-0.25, -0.2) is 4.79 Å². The minimum atomic E-state index is -1.08. The molecule has 0 saturated heterocycles. The Morgan fingerprint density at radius 1 is 1.06 bits per heavy atom. The molecule has 0 fully saturated rings. The number of nitrogens with zero attached hydrogens (tertiary/aromatic N) is 2. The lowest BCUT2D eigenvalue weighted by molar-refractivity contribution is -0.137. The first-order valence-corrected chi connectivity index (χ1v) is 11.0. The average Bonchev–Trinajstić information content (AvgIpc) is 3.36. The van der Waals surface area contributed by atoms with E-state index < -0.39 is 30.1 Å². The maximum absolute atomic E-state index is 12.9. The van der Waals surface area contributed by atoms with Crippen molar-refractivity contribution in [3.05, 3.63) is 77.6 Å². The van der Waals surface area contributed by atoms with Crippen LogP contribution in [0.3, 0.4) is 0 Å². The molecule has 0 radical (unpaired) electrons. The molecule has 9 nitrogen and oxygen atoms in total. The van der Waals surface area contributed by atoms with Gasteiger partial charge in [0.05, 0.1) is 12.6 Å². The lowest BCUT2D eigenvalue weighted by Gasteiger charge is -2.20. The second kappa shape index (κ2) is 9.78. The van der Waals surface area contributed by atoms with Crippen molar-refractivity contribution < 1.29 is 24.2 Å². The molecule has 34 heavy (non-hydrogen) atoms. The Hall–Kier alpha value is -4.14. The van der Waals surface area contributed by atoms with Crippen LogP contribution in [-0.2, 0) is 21.4 Å². The van der Waals surface area contributed by atoms with E-state index in [1.807, 2.05) is 36.4 Å². The molecular formula is C25H26N4O5. The minimum absolute atomic E-state index is 0.108. The summed E-state index contributed by atoms with van der Waals surface area (Å²) in [4.78, 5) is 36.5. The highest BCUT2D eigenvalue weighted by atomic mass is 16.5. The van der Waals surface area contributed by atoms with Gasteiger partial charge in [0, 0.05) is 30.8 Å². The Morgan fingerprint density at radius 3 is 2.24 bits per heavy atom. The summed E-state index contributed by atoms with van der Waals surface area (Å²) < 4.78 is 7.08. The first-order valence-electron chi connectivity index (χ1n) is 11.0. The van der Waals surface area contributed by atoms with Crippen LogP contribution < -0.4 is 10.6 Å². The van der Waals surface area contributed by atoms with Crippen molar-refractivity contribution in [3.8, 4) is 11.1 Å². The molecule has 9 heteroatoms. The number of benzene rings is 2. The standard InChI is InChI=1S/C25H26N4O5/c1-15(11-22(30)31)27-24(32)23(16-12-26-29(2)13-16)28-25(33)34-14-21-19-9-5-3-7-17(19)18-8-4-6-10-20(18)21/h3-10,12-13,15,21,23H,11,14H2,1-2H3,(H,27,32)(H,28,33)(H,30,31)/t15-,23?/m1/s1. The van der Waals surface area contributed by atoms with Crippen LogP contribution in [0.1, 0.15) is 42.0 Å². The van der Waals surface area contributed by atoms with Crippen LogP contribution >= 0.6 is 0 Å². The number of hydrogen-bond donors (Lipinski definition) is 3. The van der Waals surface area contributed by atoms with E-state index in [0.29, 0.717) is 5.56 Å². The molecule has 0 spiro atoms. The van der Waals surface area contributed by atoms with Gasteiger partial charge in [0.1, 0.15) is 12.6 Å². The number of carbonyl (C=O) groups is 3. The van der Waals surface area contributed by atoms with E-state index in [1.165, 1.54) is 10.9 Å². The predicted molar refractivity (Wildman–Crippen MR) is 124 cm³/mol. The summed E-state index contributed by atoms with van der Waals surface area (Å²) in [7, 11) is 1.69. The fourth-order valence-corrected chi connectivity index (χ4v) is 4.29. The summed E-state index contributed by atoms with van der Waals surface area (Å²) in [6.07, 6.45) is 2.08. The van der Waals surface area contributed by atoms with Crippen molar-refractivity contribution in [1.82, 2.24) is 20.4 Å². The monoisotopic (exact) mass is 462 g/mol. The van der Waals surface area contributed by atoms with Gasteiger partial charge >= 0.3 is 12.1 Å². The minimum Gasteiger partial charge on any atom is -0.481 e. The van der Waals surface area contributed by atoms with E-state index >= 15 is 0 Å². The highest BCUT2D eigenvalue weighted by Gasteiger charge is 2.30. The molecule has 1 unspecified atom stereocenters. The molecule has 176 valence electrons. The smallest absolute Gasteiger partial charge is 0.408 e. The number of aryl methyl sites for hydroxylation is 1. The molecule has 4 rings (SSSR count). The topological polar surface area (TPSA) is 123 Å². The van der Waals surface area contributed by atoms with E-state index in [4.69, 9.17) is 9.84 Å². The third-order valence-corrected chi connectivity index (χ3v) is 5.80. The Bertz CT molecular complexity index is 1180. The van der Waals surface area contributed by atoms with Gasteiger partial charge in [0.2, 0.25) is 5.91 Å². The van der Waals surface area contributed by atoms with Crippen LogP contribution in [0.25, 0.3) is 11.1 Å². The van der Waals surface area contributed by atoms with Crippen LogP contribution in [0.15, 0.2) is 60.9 Å². The van der Waals surface area contributed by atoms with Crippen molar-refractivity contribution in [3.63, 3.8) is 0 Å². The van der Waals surface area contributed by atoms with Crippen LogP contribution in [-0.4, -0.2) is 45.5 Å². The highest BCUT2D eigenvalue weighted by Crippen LogP contribution is 2.44. The van der Waals surface area contributed by atoms with Crippen LogP contribution in [0.4, 0.5) is 4.79 Å². The van der Waals surface area contributed by atoms with Gasteiger partial charge in [-0.15, -0.1) is 0 Å². The zero-order valence-corrected chi connectivity index (χ0v) is 18.9. The van der Waals surface area contributed by atoms with Crippen LogP contribution in [0.5, 0.6) is 0 Å². The molecular weight excluding hydrogens is 436 g/mol. The number of carboxylic acids is 1. The molecule has 1 aromatic heterocycles. The van der Waals surface area contributed by atoms with Gasteiger partial charge in [0.25, 0.3) is 0 Å². The van der Waals surface area contributed by atoms with Crippen molar-refractivity contribution >= 4 is 18.0 Å². The zero-order valence-electron chi connectivity index (χ0n) is 18.9. The maximum atomic E-state index is 12.9. The van der Waals surface area contributed by atoms with E-state index in [9.17, 15) is 14.4 Å². The Labute approximate surface area is 196 Å². The number of carboxylic acid groups (broad SMARTS) is 1. The van der Waals surface area contributed by atoms with E-state index in [1.54, 1.807) is 20.2 Å². The van der Waals surface area contributed by atoms with Gasteiger partial charge in [-0.1, -0.05) is 48.5 Å². The number of nitrogens with one attached hydrogen (secondary N) is 2. The first kappa shape index (κ1) is 23.0. The summed E-state index contributed by atoms with van der Waals surface area (Å²) in [5.41, 5.74) is 4.86. The number of aliphatic carboxylic acids is 1. The van der Waals surface area contributed by atoms with Gasteiger partial charge in [-0.05, 0) is 29.2 Å². The zero-order chi connectivity index (χ0) is 24.2. The number of alkyl carbamates (subject to hydrolysis) is 1.